The van der Waals surface area contributed by atoms with Crippen LogP contribution in [0.3, 0.4) is 0 Å². The van der Waals surface area contributed by atoms with Gasteiger partial charge in [0.05, 0.1) is 0 Å². The predicted molar refractivity (Wildman–Crippen MR) is 90.9 cm³/mol. The van der Waals surface area contributed by atoms with Crippen molar-refractivity contribution in [1.82, 2.24) is 10.2 Å². The van der Waals surface area contributed by atoms with Crippen molar-refractivity contribution < 1.29 is 4.74 Å². The molecule has 6 heteroatoms. The van der Waals surface area contributed by atoms with Crippen molar-refractivity contribution >= 4 is 27.6 Å². The smallest absolute Gasteiger partial charge is 0.219 e. The minimum atomic E-state index is 0.246. The van der Waals surface area contributed by atoms with Crippen LogP contribution in [0.25, 0.3) is 0 Å². The molecule has 0 radical (unpaired) electrons. The van der Waals surface area contributed by atoms with Crippen molar-refractivity contribution in [1.29, 1.82) is 0 Å². The van der Waals surface area contributed by atoms with Crippen molar-refractivity contribution in [2.45, 2.75) is 39.8 Å². The maximum Gasteiger partial charge on any atom is 0.219 e. The highest BCUT2D eigenvalue weighted by molar-refractivity contribution is 9.11. The van der Waals surface area contributed by atoms with Gasteiger partial charge in [-0.15, -0.1) is 0 Å². The van der Waals surface area contributed by atoms with Crippen LogP contribution in [0, 0.1) is 5.92 Å². The molecule has 2 aliphatic rings. The maximum atomic E-state index is 5.44. The Kier molecular flexibility index (Phi) is 6.23. The number of nitrogens with zero attached hydrogens (tertiary/aromatic N) is 3. The summed E-state index contributed by atoms with van der Waals surface area (Å²) in [6.45, 7) is 9.47. The Morgan fingerprint density at radius 3 is 3.05 bits per heavy atom. The summed E-state index contributed by atoms with van der Waals surface area (Å²) in [7, 11) is 0. The molecule has 21 heavy (non-hydrogen) atoms. The van der Waals surface area contributed by atoms with Crippen LogP contribution in [-0.2, 0) is 4.74 Å². The van der Waals surface area contributed by atoms with Gasteiger partial charge in [0.2, 0.25) is 5.96 Å². The molecule has 0 spiro atoms. The van der Waals surface area contributed by atoms with Gasteiger partial charge in [0, 0.05) is 48.6 Å². The summed E-state index contributed by atoms with van der Waals surface area (Å²) in [5.41, 5.74) is 1.16. The van der Waals surface area contributed by atoms with E-state index in [-0.39, 0.29) is 6.17 Å². The lowest BCUT2D eigenvalue weighted by Gasteiger charge is -2.43. The second-order valence-electron chi connectivity index (χ2n) is 5.32. The van der Waals surface area contributed by atoms with Gasteiger partial charge in [-0.05, 0) is 33.6 Å². The molecule has 0 aromatic heterocycles. The van der Waals surface area contributed by atoms with Crippen LogP contribution >= 0.6 is 15.9 Å². The van der Waals surface area contributed by atoms with E-state index in [0.29, 0.717) is 5.92 Å². The van der Waals surface area contributed by atoms with E-state index in [2.05, 4.69) is 49.3 Å². The SMILES string of the molecule is CCN=C1N=C(C)C2CC(Br)=CN(CCCOCC)C2N1. The van der Waals surface area contributed by atoms with Crippen LogP contribution in [0.2, 0.25) is 0 Å². The van der Waals surface area contributed by atoms with Crippen molar-refractivity contribution in [2.75, 3.05) is 26.3 Å². The van der Waals surface area contributed by atoms with Gasteiger partial charge < -0.3 is 15.0 Å². The van der Waals surface area contributed by atoms with Gasteiger partial charge in [0.15, 0.2) is 0 Å². The second-order valence-corrected chi connectivity index (χ2v) is 6.33. The molecule has 0 fully saturated rings. The monoisotopic (exact) mass is 356 g/mol. The molecule has 1 N–H and O–H groups in total. The van der Waals surface area contributed by atoms with Crippen LogP contribution in [0.15, 0.2) is 20.7 Å². The minimum absolute atomic E-state index is 0.246. The van der Waals surface area contributed by atoms with Crippen LogP contribution < -0.4 is 5.32 Å². The molecule has 5 nitrogen and oxygen atoms in total. The number of nitrogens with one attached hydrogen (secondary N) is 1. The highest BCUT2D eigenvalue weighted by Gasteiger charge is 2.35. The molecule has 2 heterocycles. The molecule has 0 aromatic rings. The number of hydrogen-bond acceptors (Lipinski definition) is 3. The Hall–Kier alpha value is -0.880. The van der Waals surface area contributed by atoms with Gasteiger partial charge in [-0.3, -0.25) is 4.99 Å². The van der Waals surface area contributed by atoms with Gasteiger partial charge in [0.1, 0.15) is 6.17 Å². The lowest BCUT2D eigenvalue weighted by molar-refractivity contribution is 0.124. The Balaban J connectivity index is 2.08. The van der Waals surface area contributed by atoms with Gasteiger partial charge in [-0.2, -0.15) is 0 Å². The molecule has 0 aromatic carbocycles. The quantitative estimate of drug-likeness (QED) is 0.744. The zero-order valence-corrected chi connectivity index (χ0v) is 14.7. The van der Waals surface area contributed by atoms with Gasteiger partial charge >= 0.3 is 0 Å². The van der Waals surface area contributed by atoms with Crippen LogP contribution in [0.5, 0.6) is 0 Å². The van der Waals surface area contributed by atoms with E-state index in [0.717, 1.165) is 50.8 Å². The van der Waals surface area contributed by atoms with E-state index in [1.54, 1.807) is 0 Å². The number of hydrogen-bond donors (Lipinski definition) is 1. The van der Waals surface area contributed by atoms with E-state index in [9.17, 15) is 0 Å². The van der Waals surface area contributed by atoms with E-state index in [1.165, 1.54) is 4.48 Å². The number of ether oxygens (including phenoxy) is 1. The first kappa shape index (κ1) is 16.5. The van der Waals surface area contributed by atoms with Crippen molar-refractivity contribution in [3.8, 4) is 0 Å². The van der Waals surface area contributed by atoms with E-state index < -0.39 is 0 Å². The first-order chi connectivity index (χ1) is 10.2. The highest BCUT2D eigenvalue weighted by atomic mass is 79.9. The molecule has 0 aliphatic carbocycles. The molecule has 2 rings (SSSR count). The van der Waals surface area contributed by atoms with Crippen LogP contribution in [0.1, 0.15) is 33.6 Å². The highest BCUT2D eigenvalue weighted by Crippen LogP contribution is 2.31. The van der Waals surface area contributed by atoms with Crippen molar-refractivity contribution in [3.05, 3.63) is 10.7 Å². The molecule has 0 saturated carbocycles. The first-order valence-corrected chi connectivity index (χ1v) is 8.50. The van der Waals surface area contributed by atoms with Crippen molar-refractivity contribution in [2.24, 2.45) is 15.9 Å². The molecule has 2 unspecified atom stereocenters. The average Bonchev–Trinajstić information content (AvgIpc) is 2.45. The average molecular weight is 357 g/mol. The van der Waals surface area contributed by atoms with Gasteiger partial charge in [-0.1, -0.05) is 15.9 Å². The number of guanidine groups is 1. The molecular weight excluding hydrogens is 332 g/mol. The van der Waals surface area contributed by atoms with Crippen molar-refractivity contribution in [3.63, 3.8) is 0 Å². The summed E-state index contributed by atoms with van der Waals surface area (Å²) in [6.07, 6.45) is 4.46. The summed E-state index contributed by atoms with van der Waals surface area (Å²) in [5, 5.41) is 3.48. The molecule has 0 bridgehead atoms. The third-order valence-electron chi connectivity index (χ3n) is 3.77. The number of halogens is 1. The fourth-order valence-electron chi connectivity index (χ4n) is 2.77. The lowest BCUT2D eigenvalue weighted by Crippen LogP contribution is -2.56. The molecular formula is C15H25BrN4O. The third-order valence-corrected chi connectivity index (χ3v) is 4.30. The molecule has 0 saturated heterocycles. The molecule has 2 atom stereocenters. The second kappa shape index (κ2) is 7.94. The van der Waals surface area contributed by atoms with E-state index >= 15 is 0 Å². The summed E-state index contributed by atoms with van der Waals surface area (Å²) < 4.78 is 6.67. The van der Waals surface area contributed by atoms with Gasteiger partial charge in [0.25, 0.3) is 0 Å². The van der Waals surface area contributed by atoms with Crippen LogP contribution in [-0.4, -0.2) is 49.0 Å². The summed E-state index contributed by atoms with van der Waals surface area (Å²) >= 11 is 3.66. The normalized spacial score (nSPS) is 27.0. The maximum absolute atomic E-state index is 5.44. The number of rotatable bonds is 6. The molecule has 118 valence electrons. The Bertz CT molecular complexity index is 447. The number of fused-ring (bicyclic) bond motifs is 1. The Morgan fingerprint density at radius 1 is 1.52 bits per heavy atom. The molecule has 2 aliphatic heterocycles. The zero-order valence-electron chi connectivity index (χ0n) is 13.1. The fourth-order valence-corrected chi connectivity index (χ4v) is 3.38. The Morgan fingerprint density at radius 2 is 2.33 bits per heavy atom. The summed E-state index contributed by atoms with van der Waals surface area (Å²) in [5.74, 6) is 1.16. The fraction of sp³-hybridized carbons (Fsp3) is 0.733. The summed E-state index contributed by atoms with van der Waals surface area (Å²) in [4.78, 5) is 11.4. The zero-order chi connectivity index (χ0) is 15.2. The minimum Gasteiger partial charge on any atom is -0.382 e. The van der Waals surface area contributed by atoms with Crippen LogP contribution in [0.4, 0.5) is 0 Å². The topological polar surface area (TPSA) is 49.2 Å². The van der Waals surface area contributed by atoms with Gasteiger partial charge in [-0.25, -0.2) is 4.99 Å². The van der Waals surface area contributed by atoms with E-state index in [1.807, 2.05) is 13.8 Å². The predicted octanol–water partition coefficient (Wildman–Crippen LogP) is 2.74. The lowest BCUT2D eigenvalue weighted by atomic mass is 9.92. The number of aliphatic imine (C=N–C) groups is 2. The third kappa shape index (κ3) is 4.30. The summed E-state index contributed by atoms with van der Waals surface area (Å²) in [6, 6.07) is 0. The first-order valence-electron chi connectivity index (χ1n) is 7.71. The molecule has 0 amide bonds. The number of allylic oxidation sites excluding steroid dienone is 1. The largest absolute Gasteiger partial charge is 0.382 e. The Labute approximate surface area is 135 Å². The standard InChI is InChI=1S/C15H25BrN4O/c1-4-17-15-18-11(3)13-9-12(16)10-20(14(13)19-15)7-6-8-21-5-2/h10,13-14H,4-9H2,1-3H3,(H,17,19). The van der Waals surface area contributed by atoms with E-state index in [4.69, 9.17) is 4.74 Å².